The average Bonchev–Trinajstić information content (AvgIpc) is 3.41. The SMILES string of the molecule is COc1cc(-c2cc(CNCC(O)c3ccc4c(c3C)COC4=O)on2)ncc1C#N. The van der Waals surface area contributed by atoms with Gasteiger partial charge < -0.3 is 24.4 Å². The molecular weight excluding hydrogens is 400 g/mol. The minimum Gasteiger partial charge on any atom is -0.495 e. The zero-order valence-electron chi connectivity index (χ0n) is 17.0. The number of benzene rings is 1. The fourth-order valence-corrected chi connectivity index (χ4v) is 3.52. The van der Waals surface area contributed by atoms with E-state index in [0.29, 0.717) is 40.6 Å². The number of fused-ring (bicyclic) bond motifs is 1. The predicted molar refractivity (Wildman–Crippen MR) is 108 cm³/mol. The Labute approximate surface area is 178 Å². The minimum absolute atomic E-state index is 0.239. The number of aromatic nitrogens is 2. The number of ether oxygens (including phenoxy) is 2. The van der Waals surface area contributed by atoms with Crippen LogP contribution in [0.25, 0.3) is 11.4 Å². The molecule has 1 aliphatic heterocycles. The predicted octanol–water partition coefficient (Wildman–Crippen LogP) is 2.42. The zero-order chi connectivity index (χ0) is 22.0. The highest BCUT2D eigenvalue weighted by molar-refractivity contribution is 5.93. The van der Waals surface area contributed by atoms with Gasteiger partial charge in [-0.15, -0.1) is 0 Å². The average molecular weight is 420 g/mol. The van der Waals surface area contributed by atoms with E-state index in [1.165, 1.54) is 13.3 Å². The number of esters is 1. The number of nitrogens with zero attached hydrogens (tertiary/aromatic N) is 3. The summed E-state index contributed by atoms with van der Waals surface area (Å²) in [5, 5.41) is 26.8. The first-order valence-electron chi connectivity index (χ1n) is 9.60. The normalized spacial score (nSPS) is 13.4. The fraction of sp³-hybridized carbons (Fsp3) is 0.273. The van der Waals surface area contributed by atoms with E-state index in [2.05, 4.69) is 15.5 Å². The molecule has 3 heterocycles. The lowest BCUT2D eigenvalue weighted by atomic mass is 9.95. The Morgan fingerprint density at radius 1 is 1.35 bits per heavy atom. The summed E-state index contributed by atoms with van der Waals surface area (Å²) in [4.78, 5) is 15.9. The molecule has 9 nitrogen and oxygen atoms in total. The third kappa shape index (κ3) is 3.99. The highest BCUT2D eigenvalue weighted by Crippen LogP contribution is 2.29. The van der Waals surface area contributed by atoms with Gasteiger partial charge in [-0.05, 0) is 24.1 Å². The van der Waals surface area contributed by atoms with Crippen LogP contribution in [0.2, 0.25) is 0 Å². The van der Waals surface area contributed by atoms with Gasteiger partial charge in [-0.1, -0.05) is 11.2 Å². The summed E-state index contributed by atoms with van der Waals surface area (Å²) in [6.07, 6.45) is 0.669. The summed E-state index contributed by atoms with van der Waals surface area (Å²) in [5.41, 5.74) is 4.37. The lowest BCUT2D eigenvalue weighted by molar-refractivity contribution is 0.0535. The van der Waals surface area contributed by atoms with Crippen LogP contribution in [0.5, 0.6) is 5.75 Å². The number of methoxy groups -OCH3 is 1. The Morgan fingerprint density at radius 2 is 2.19 bits per heavy atom. The van der Waals surface area contributed by atoms with Gasteiger partial charge in [0, 0.05) is 30.4 Å². The van der Waals surface area contributed by atoms with Gasteiger partial charge in [0.25, 0.3) is 0 Å². The molecule has 31 heavy (non-hydrogen) atoms. The summed E-state index contributed by atoms with van der Waals surface area (Å²) in [6.45, 7) is 2.75. The van der Waals surface area contributed by atoms with Crippen molar-refractivity contribution in [2.45, 2.75) is 26.2 Å². The molecule has 0 aliphatic carbocycles. The summed E-state index contributed by atoms with van der Waals surface area (Å²) in [5.74, 6) is 0.653. The minimum atomic E-state index is -0.757. The van der Waals surface area contributed by atoms with Crippen molar-refractivity contribution in [1.29, 1.82) is 5.26 Å². The number of hydrogen-bond acceptors (Lipinski definition) is 9. The highest BCUT2D eigenvalue weighted by atomic mass is 16.5. The van der Waals surface area contributed by atoms with Crippen molar-refractivity contribution >= 4 is 5.97 Å². The molecule has 0 saturated heterocycles. The maximum absolute atomic E-state index is 11.7. The van der Waals surface area contributed by atoms with E-state index in [1.54, 1.807) is 24.3 Å². The van der Waals surface area contributed by atoms with Gasteiger partial charge >= 0.3 is 5.97 Å². The van der Waals surface area contributed by atoms with E-state index in [4.69, 9.17) is 19.3 Å². The maximum Gasteiger partial charge on any atom is 0.338 e. The van der Waals surface area contributed by atoms with Gasteiger partial charge in [0.15, 0.2) is 5.76 Å². The van der Waals surface area contributed by atoms with Gasteiger partial charge in [0.2, 0.25) is 0 Å². The van der Waals surface area contributed by atoms with Crippen LogP contribution >= 0.6 is 0 Å². The molecule has 2 N–H and O–H groups in total. The number of aliphatic hydroxyl groups excluding tert-OH is 1. The first-order valence-corrected chi connectivity index (χ1v) is 9.60. The first-order chi connectivity index (χ1) is 15.0. The van der Waals surface area contributed by atoms with Crippen molar-refractivity contribution in [3.8, 4) is 23.2 Å². The monoisotopic (exact) mass is 420 g/mol. The zero-order valence-corrected chi connectivity index (χ0v) is 17.0. The van der Waals surface area contributed by atoms with E-state index >= 15 is 0 Å². The third-order valence-electron chi connectivity index (χ3n) is 5.23. The Kier molecular flexibility index (Phi) is 5.66. The van der Waals surface area contributed by atoms with Crippen molar-refractivity contribution in [2.75, 3.05) is 13.7 Å². The van der Waals surface area contributed by atoms with Crippen molar-refractivity contribution in [2.24, 2.45) is 0 Å². The third-order valence-corrected chi connectivity index (χ3v) is 5.23. The van der Waals surface area contributed by atoms with Crippen molar-refractivity contribution in [1.82, 2.24) is 15.5 Å². The molecule has 1 aliphatic rings. The first kappa shape index (κ1) is 20.5. The molecule has 0 radical (unpaired) electrons. The lowest BCUT2D eigenvalue weighted by Crippen LogP contribution is -2.21. The van der Waals surface area contributed by atoms with Crippen LogP contribution < -0.4 is 10.1 Å². The van der Waals surface area contributed by atoms with Gasteiger partial charge in [0.1, 0.15) is 29.7 Å². The second-order valence-electron chi connectivity index (χ2n) is 7.09. The molecule has 158 valence electrons. The molecular formula is C22H20N4O5. The molecule has 0 saturated carbocycles. The van der Waals surface area contributed by atoms with Gasteiger partial charge in [-0.25, -0.2) is 4.79 Å². The largest absolute Gasteiger partial charge is 0.495 e. The van der Waals surface area contributed by atoms with Crippen LogP contribution in [0.15, 0.2) is 35.0 Å². The Morgan fingerprint density at radius 3 is 2.97 bits per heavy atom. The summed E-state index contributed by atoms with van der Waals surface area (Å²) >= 11 is 0. The molecule has 9 heteroatoms. The Hall–Kier alpha value is -3.74. The van der Waals surface area contributed by atoms with Crippen molar-refractivity contribution in [3.63, 3.8) is 0 Å². The van der Waals surface area contributed by atoms with Crippen LogP contribution in [-0.4, -0.2) is 34.9 Å². The summed E-state index contributed by atoms with van der Waals surface area (Å²) < 4.78 is 15.6. The molecule has 4 rings (SSSR count). The number of hydrogen-bond donors (Lipinski definition) is 2. The molecule has 1 atom stereocenters. The Bertz CT molecular complexity index is 1180. The van der Waals surface area contributed by atoms with Crippen LogP contribution in [0.1, 0.15) is 44.5 Å². The number of rotatable bonds is 7. The quantitative estimate of drug-likeness (QED) is 0.553. The van der Waals surface area contributed by atoms with Gasteiger partial charge in [-0.2, -0.15) is 5.26 Å². The lowest BCUT2D eigenvalue weighted by Gasteiger charge is -2.15. The molecule has 1 aromatic carbocycles. The van der Waals surface area contributed by atoms with Crippen LogP contribution in [0.4, 0.5) is 0 Å². The smallest absolute Gasteiger partial charge is 0.338 e. The number of carbonyl (C=O) groups is 1. The molecule has 0 amide bonds. The highest BCUT2D eigenvalue weighted by Gasteiger charge is 2.25. The van der Waals surface area contributed by atoms with E-state index in [0.717, 1.165) is 16.7 Å². The van der Waals surface area contributed by atoms with E-state index in [-0.39, 0.29) is 19.1 Å². The number of aliphatic hydroxyl groups is 1. The summed E-state index contributed by atoms with van der Waals surface area (Å²) in [6, 6.07) is 8.82. The number of nitrogens with one attached hydrogen (secondary N) is 1. The number of carbonyl (C=O) groups excluding carboxylic acids is 1. The maximum atomic E-state index is 11.7. The molecule has 0 fully saturated rings. The molecule has 0 bridgehead atoms. The fourth-order valence-electron chi connectivity index (χ4n) is 3.52. The van der Waals surface area contributed by atoms with E-state index < -0.39 is 6.10 Å². The second-order valence-corrected chi connectivity index (χ2v) is 7.09. The standard InChI is InChI=1S/C22H20N4O5/c1-12-15(3-4-16-17(12)11-30-22(16)28)20(27)10-24-9-14-5-19(26-31-14)18-6-21(29-2)13(7-23)8-25-18/h3-6,8,20,24,27H,9-11H2,1-2H3. The number of cyclic esters (lactones) is 1. The molecule has 3 aromatic rings. The Balaban J connectivity index is 1.39. The van der Waals surface area contributed by atoms with Gasteiger partial charge in [0.05, 0.1) is 31.0 Å². The van der Waals surface area contributed by atoms with Crippen LogP contribution in [-0.2, 0) is 17.9 Å². The van der Waals surface area contributed by atoms with Crippen molar-refractivity contribution < 1.29 is 23.9 Å². The topological polar surface area (TPSA) is 130 Å². The van der Waals surface area contributed by atoms with Crippen LogP contribution in [0.3, 0.4) is 0 Å². The van der Waals surface area contributed by atoms with Crippen molar-refractivity contribution in [3.05, 3.63) is 64.0 Å². The second kappa shape index (κ2) is 8.55. The van der Waals surface area contributed by atoms with Crippen LogP contribution in [0, 0.1) is 18.3 Å². The molecule has 1 unspecified atom stereocenters. The molecule has 0 spiro atoms. The van der Waals surface area contributed by atoms with E-state index in [9.17, 15) is 9.90 Å². The summed E-state index contributed by atoms with van der Waals surface area (Å²) in [7, 11) is 1.48. The number of pyridine rings is 1. The van der Waals surface area contributed by atoms with E-state index in [1.807, 2.05) is 13.0 Å². The number of nitriles is 1. The molecule has 2 aromatic heterocycles. The van der Waals surface area contributed by atoms with Gasteiger partial charge in [-0.3, -0.25) is 4.98 Å².